The second-order valence-corrected chi connectivity index (χ2v) is 13.0. The van der Waals surface area contributed by atoms with Gasteiger partial charge in [0.2, 0.25) is 0 Å². The van der Waals surface area contributed by atoms with Crippen LogP contribution in [0.2, 0.25) is 0 Å². The Hall–Kier alpha value is -1.76. The summed E-state index contributed by atoms with van der Waals surface area (Å²) in [6.45, 7) is 9.72. The van der Waals surface area contributed by atoms with Gasteiger partial charge in [0.1, 0.15) is 5.75 Å². The van der Waals surface area contributed by atoms with Gasteiger partial charge in [-0.2, -0.15) is 0 Å². The highest BCUT2D eigenvalue weighted by molar-refractivity contribution is 7.91. The topological polar surface area (TPSA) is 72.9 Å². The minimum atomic E-state index is -2.91. The Morgan fingerprint density at radius 1 is 0.941 bits per heavy atom. The third kappa shape index (κ3) is 11.1. The van der Waals surface area contributed by atoms with Crippen molar-refractivity contribution in [3.8, 4) is 5.75 Å². The molecule has 34 heavy (non-hydrogen) atoms. The molecule has 0 saturated carbocycles. The van der Waals surface area contributed by atoms with E-state index in [0.29, 0.717) is 31.9 Å². The number of esters is 1. The molecule has 2 rings (SSSR count). The molecule has 6 nitrogen and oxygen atoms in total. The summed E-state index contributed by atoms with van der Waals surface area (Å²) in [5.41, 5.74) is 0.875. The van der Waals surface area contributed by atoms with Crippen molar-refractivity contribution in [3.63, 3.8) is 0 Å². The number of ether oxygens (including phenoxy) is 2. The van der Waals surface area contributed by atoms with Crippen molar-refractivity contribution in [2.75, 3.05) is 36.1 Å². The van der Waals surface area contributed by atoms with E-state index in [1.165, 1.54) is 38.5 Å². The predicted molar refractivity (Wildman–Crippen MR) is 139 cm³/mol. The minimum absolute atomic E-state index is 0.0950. The second-order valence-electron chi connectivity index (χ2n) is 10.7. The molecule has 7 heteroatoms. The fraction of sp³-hybridized carbons (Fsp3) is 0.741. The summed E-state index contributed by atoms with van der Waals surface area (Å²) in [6.07, 6.45) is 9.66. The number of hydrogen-bond acceptors (Lipinski definition) is 6. The van der Waals surface area contributed by atoms with E-state index >= 15 is 0 Å². The number of sulfone groups is 1. The molecule has 1 aromatic carbocycles. The highest BCUT2D eigenvalue weighted by Gasteiger charge is 2.25. The van der Waals surface area contributed by atoms with E-state index in [1.807, 2.05) is 45.0 Å². The van der Waals surface area contributed by atoms with E-state index in [9.17, 15) is 13.2 Å². The van der Waals surface area contributed by atoms with Gasteiger partial charge in [-0.15, -0.1) is 0 Å². The summed E-state index contributed by atoms with van der Waals surface area (Å²) in [7, 11) is -2.91. The van der Waals surface area contributed by atoms with E-state index in [4.69, 9.17) is 9.47 Å². The first-order chi connectivity index (χ1) is 16.1. The lowest BCUT2D eigenvalue weighted by atomic mass is 9.99. The van der Waals surface area contributed by atoms with Gasteiger partial charge in [-0.05, 0) is 42.5 Å². The smallest absolute Gasteiger partial charge is 0.347 e. The lowest BCUT2D eigenvalue weighted by Crippen LogP contribution is -2.40. The molecule has 0 amide bonds. The zero-order chi connectivity index (χ0) is 25.0. The van der Waals surface area contributed by atoms with Crippen molar-refractivity contribution in [3.05, 3.63) is 24.3 Å². The molecule has 1 unspecified atom stereocenters. The van der Waals surface area contributed by atoms with Crippen molar-refractivity contribution in [2.45, 2.75) is 91.6 Å². The van der Waals surface area contributed by atoms with E-state index < -0.39 is 15.9 Å². The number of hydrogen-bond donors (Lipinski definition) is 0. The molecule has 0 radical (unpaired) electrons. The monoisotopic (exact) mass is 495 g/mol. The van der Waals surface area contributed by atoms with Gasteiger partial charge >= 0.3 is 5.97 Å². The van der Waals surface area contributed by atoms with Gasteiger partial charge in [0.05, 0.1) is 18.1 Å². The third-order valence-corrected chi connectivity index (χ3v) is 7.66. The van der Waals surface area contributed by atoms with Crippen LogP contribution in [0.3, 0.4) is 0 Å². The minimum Gasteiger partial charge on any atom is -0.479 e. The van der Waals surface area contributed by atoms with Crippen molar-refractivity contribution < 1.29 is 22.7 Å². The van der Waals surface area contributed by atoms with Crippen molar-refractivity contribution in [1.29, 1.82) is 0 Å². The van der Waals surface area contributed by atoms with E-state index in [-0.39, 0.29) is 22.9 Å². The van der Waals surface area contributed by atoms with Gasteiger partial charge in [0, 0.05) is 18.8 Å². The molecule has 1 heterocycles. The molecule has 1 aromatic rings. The van der Waals surface area contributed by atoms with Crippen LogP contribution < -0.4 is 9.64 Å². The van der Waals surface area contributed by atoms with Crippen LogP contribution in [-0.4, -0.2) is 51.7 Å². The van der Waals surface area contributed by atoms with Gasteiger partial charge < -0.3 is 14.4 Å². The third-order valence-electron chi connectivity index (χ3n) is 6.05. The maximum absolute atomic E-state index is 12.8. The van der Waals surface area contributed by atoms with Crippen LogP contribution in [0, 0.1) is 5.41 Å². The van der Waals surface area contributed by atoms with Gasteiger partial charge in [-0.25, -0.2) is 13.2 Å². The summed E-state index contributed by atoms with van der Waals surface area (Å²) >= 11 is 0. The number of anilines is 1. The first kappa shape index (κ1) is 28.5. The maximum Gasteiger partial charge on any atom is 0.347 e. The fourth-order valence-electron chi connectivity index (χ4n) is 3.94. The van der Waals surface area contributed by atoms with Crippen LogP contribution >= 0.6 is 0 Å². The Morgan fingerprint density at radius 3 is 2.06 bits per heavy atom. The highest BCUT2D eigenvalue weighted by Crippen LogP contribution is 2.24. The van der Waals surface area contributed by atoms with Crippen molar-refractivity contribution in [1.82, 2.24) is 0 Å². The van der Waals surface area contributed by atoms with E-state index in [0.717, 1.165) is 18.5 Å². The molecule has 1 aliphatic rings. The molecular weight excluding hydrogens is 450 g/mol. The fourth-order valence-corrected chi connectivity index (χ4v) is 5.14. The number of nitrogens with zero attached hydrogens (tertiary/aromatic N) is 1. The molecule has 1 aliphatic heterocycles. The number of unbranched alkanes of at least 4 members (excludes halogenated alkanes) is 7. The molecule has 1 atom stereocenters. The summed E-state index contributed by atoms with van der Waals surface area (Å²) in [5.74, 6) is 0.700. The normalized spacial score (nSPS) is 16.8. The molecule has 0 N–H and O–H groups in total. The molecule has 1 saturated heterocycles. The zero-order valence-electron chi connectivity index (χ0n) is 21.7. The summed E-state index contributed by atoms with van der Waals surface area (Å²) in [5, 5.41) is 0. The van der Waals surface area contributed by atoms with Gasteiger partial charge in [-0.3, -0.25) is 0 Å². The molecule has 0 bridgehead atoms. The first-order valence-electron chi connectivity index (χ1n) is 13.0. The number of benzene rings is 1. The quantitative estimate of drug-likeness (QED) is 0.240. The standard InChI is InChI=1S/C27H45NO5S/c1-5-6-7-8-9-10-11-12-13-25(26(29)32-22-27(2,3)4)33-24-16-14-23(15-17-24)28-18-20-34(30,31)21-19-28/h14-17,25H,5-13,18-22H2,1-4H3. The lowest BCUT2D eigenvalue weighted by molar-refractivity contribution is -0.155. The van der Waals surface area contributed by atoms with Crippen LogP contribution in [0.5, 0.6) is 5.75 Å². The Balaban J connectivity index is 1.89. The molecule has 0 aromatic heterocycles. The second kappa shape index (κ2) is 14.0. The highest BCUT2D eigenvalue weighted by atomic mass is 32.2. The van der Waals surface area contributed by atoms with Crippen LogP contribution in [0.25, 0.3) is 0 Å². The van der Waals surface area contributed by atoms with Gasteiger partial charge in [0.15, 0.2) is 15.9 Å². The van der Waals surface area contributed by atoms with Crippen LogP contribution in [0.15, 0.2) is 24.3 Å². The molecule has 0 aliphatic carbocycles. The molecule has 1 fully saturated rings. The van der Waals surface area contributed by atoms with Gasteiger partial charge in [-0.1, -0.05) is 72.6 Å². The van der Waals surface area contributed by atoms with Crippen LogP contribution in [0.1, 0.15) is 85.5 Å². The average molecular weight is 496 g/mol. The summed E-state index contributed by atoms with van der Waals surface area (Å²) < 4.78 is 35.0. The predicted octanol–water partition coefficient (Wildman–Crippen LogP) is 5.79. The first-order valence-corrected chi connectivity index (χ1v) is 14.8. The summed E-state index contributed by atoms with van der Waals surface area (Å²) in [4.78, 5) is 14.9. The van der Waals surface area contributed by atoms with E-state index in [1.54, 1.807) is 0 Å². The largest absolute Gasteiger partial charge is 0.479 e. The number of carbonyl (C=O) groups is 1. The van der Waals surface area contributed by atoms with Crippen LogP contribution in [-0.2, 0) is 19.4 Å². The number of rotatable bonds is 14. The van der Waals surface area contributed by atoms with Crippen molar-refractivity contribution >= 4 is 21.5 Å². The van der Waals surface area contributed by atoms with Gasteiger partial charge in [0.25, 0.3) is 0 Å². The Kier molecular flexibility index (Phi) is 11.7. The van der Waals surface area contributed by atoms with Crippen molar-refractivity contribution in [2.24, 2.45) is 5.41 Å². The molecule has 0 spiro atoms. The lowest BCUT2D eigenvalue weighted by Gasteiger charge is -2.29. The Morgan fingerprint density at radius 2 is 1.50 bits per heavy atom. The number of carbonyl (C=O) groups excluding carboxylic acids is 1. The molecular formula is C27H45NO5S. The summed E-state index contributed by atoms with van der Waals surface area (Å²) in [6, 6.07) is 7.58. The average Bonchev–Trinajstić information content (AvgIpc) is 2.78. The van der Waals surface area contributed by atoms with Crippen LogP contribution in [0.4, 0.5) is 5.69 Å². The Labute approximate surface area is 207 Å². The SMILES string of the molecule is CCCCCCCCCCC(Oc1ccc(N2CCS(=O)(=O)CC2)cc1)C(=O)OCC(C)(C)C. The Bertz CT molecular complexity index is 816. The molecule has 194 valence electrons. The zero-order valence-corrected chi connectivity index (χ0v) is 22.5. The van der Waals surface area contributed by atoms with E-state index in [2.05, 4.69) is 11.8 Å². The maximum atomic E-state index is 12.8.